The van der Waals surface area contributed by atoms with Crippen molar-refractivity contribution in [3.8, 4) is 5.75 Å². The number of anilines is 1. The maximum Gasteiger partial charge on any atom is 0.414 e. The van der Waals surface area contributed by atoms with E-state index in [9.17, 15) is 4.79 Å². The number of benzene rings is 1. The standard InChI is InChI=1S/C12H18N2O2.CH3I/c1-9-6-7-10(8-11(9)13(2)3)16-12(15)14(4)5;1-2/h6-8H,1-5H3;1H3. The molecule has 0 spiro atoms. The molecule has 1 aromatic rings. The fourth-order valence-corrected chi connectivity index (χ4v) is 1.33. The van der Waals surface area contributed by atoms with E-state index >= 15 is 0 Å². The zero-order valence-electron chi connectivity index (χ0n) is 11.8. The summed E-state index contributed by atoms with van der Waals surface area (Å²) in [7, 11) is 7.23. The van der Waals surface area contributed by atoms with Crippen LogP contribution in [0.1, 0.15) is 5.56 Å². The van der Waals surface area contributed by atoms with Crippen molar-refractivity contribution in [3.05, 3.63) is 23.8 Å². The Morgan fingerprint density at radius 3 is 2.17 bits per heavy atom. The molecular formula is C13H21IN2O2. The van der Waals surface area contributed by atoms with Gasteiger partial charge in [0.05, 0.1) is 0 Å². The Bertz CT molecular complexity index is 393. The van der Waals surface area contributed by atoms with E-state index in [0.29, 0.717) is 5.75 Å². The highest BCUT2D eigenvalue weighted by Crippen LogP contribution is 2.24. The number of ether oxygens (including phenoxy) is 1. The van der Waals surface area contributed by atoms with Gasteiger partial charge in [-0.15, -0.1) is 0 Å². The summed E-state index contributed by atoms with van der Waals surface area (Å²) in [6.45, 7) is 2.02. The summed E-state index contributed by atoms with van der Waals surface area (Å²) in [5.41, 5.74) is 2.19. The molecule has 0 saturated heterocycles. The number of carbonyl (C=O) groups excluding carboxylic acids is 1. The number of hydrogen-bond acceptors (Lipinski definition) is 3. The molecule has 0 aromatic heterocycles. The average Bonchev–Trinajstić information content (AvgIpc) is 2.33. The monoisotopic (exact) mass is 364 g/mol. The lowest BCUT2D eigenvalue weighted by Crippen LogP contribution is -2.25. The number of halogens is 1. The minimum atomic E-state index is -0.367. The molecule has 1 amide bonds. The second kappa shape index (κ2) is 8.18. The van der Waals surface area contributed by atoms with Crippen molar-refractivity contribution in [1.29, 1.82) is 0 Å². The summed E-state index contributed by atoms with van der Waals surface area (Å²) in [5.74, 6) is 0.563. The number of carbonyl (C=O) groups is 1. The van der Waals surface area contributed by atoms with E-state index in [1.54, 1.807) is 20.2 Å². The van der Waals surface area contributed by atoms with Crippen LogP contribution < -0.4 is 9.64 Å². The second-order valence-corrected chi connectivity index (χ2v) is 4.11. The molecule has 0 bridgehead atoms. The van der Waals surface area contributed by atoms with Gasteiger partial charge in [0.1, 0.15) is 5.75 Å². The Labute approximate surface area is 123 Å². The lowest BCUT2D eigenvalue weighted by molar-refractivity contribution is 0.172. The molecule has 0 aliphatic rings. The van der Waals surface area contributed by atoms with Crippen LogP contribution in [-0.2, 0) is 0 Å². The molecule has 0 saturated carbocycles. The summed E-state index contributed by atoms with van der Waals surface area (Å²) in [6, 6.07) is 5.59. The molecule has 1 aromatic carbocycles. The quantitative estimate of drug-likeness (QED) is 0.597. The van der Waals surface area contributed by atoms with Gasteiger partial charge in [-0.25, -0.2) is 4.79 Å². The van der Waals surface area contributed by atoms with Gasteiger partial charge in [0, 0.05) is 39.9 Å². The molecule has 0 unspecified atom stereocenters. The van der Waals surface area contributed by atoms with Crippen LogP contribution in [0.25, 0.3) is 0 Å². The first-order chi connectivity index (χ1) is 8.41. The summed E-state index contributed by atoms with van der Waals surface area (Å²) in [5, 5.41) is 0. The van der Waals surface area contributed by atoms with E-state index in [4.69, 9.17) is 4.74 Å². The molecule has 102 valence electrons. The fraction of sp³-hybridized carbons (Fsp3) is 0.462. The highest BCUT2D eigenvalue weighted by molar-refractivity contribution is 14.1. The molecule has 0 fully saturated rings. The van der Waals surface area contributed by atoms with Crippen molar-refractivity contribution in [2.45, 2.75) is 6.92 Å². The average molecular weight is 364 g/mol. The predicted molar refractivity (Wildman–Crippen MR) is 85.2 cm³/mol. The van der Waals surface area contributed by atoms with Crippen LogP contribution in [0.3, 0.4) is 0 Å². The molecule has 5 heteroatoms. The van der Waals surface area contributed by atoms with Gasteiger partial charge in [-0.2, -0.15) is 0 Å². The van der Waals surface area contributed by atoms with E-state index in [2.05, 4.69) is 22.6 Å². The maximum absolute atomic E-state index is 11.4. The summed E-state index contributed by atoms with van der Waals surface area (Å²) >= 11 is 2.15. The first-order valence-corrected chi connectivity index (χ1v) is 7.62. The van der Waals surface area contributed by atoms with Crippen LogP contribution in [0.2, 0.25) is 0 Å². The lowest BCUT2D eigenvalue weighted by atomic mass is 10.2. The Morgan fingerprint density at radius 1 is 1.17 bits per heavy atom. The zero-order valence-corrected chi connectivity index (χ0v) is 14.0. The molecule has 18 heavy (non-hydrogen) atoms. The summed E-state index contributed by atoms with van der Waals surface area (Å²) in [4.78, 5) is 16.7. The van der Waals surface area contributed by atoms with Gasteiger partial charge >= 0.3 is 6.09 Å². The largest absolute Gasteiger partial charge is 0.414 e. The van der Waals surface area contributed by atoms with Crippen LogP contribution in [-0.4, -0.2) is 44.1 Å². The smallest absolute Gasteiger partial charge is 0.410 e. The molecular weight excluding hydrogens is 343 g/mol. The van der Waals surface area contributed by atoms with Gasteiger partial charge in [-0.1, -0.05) is 28.7 Å². The van der Waals surface area contributed by atoms with E-state index in [1.165, 1.54) is 4.90 Å². The molecule has 0 aliphatic carbocycles. The fourth-order valence-electron chi connectivity index (χ4n) is 1.33. The Morgan fingerprint density at radius 2 is 1.72 bits per heavy atom. The zero-order chi connectivity index (χ0) is 14.3. The summed E-state index contributed by atoms with van der Waals surface area (Å²) in [6.07, 6.45) is -0.367. The predicted octanol–water partition coefficient (Wildman–Crippen LogP) is 3.17. The minimum absolute atomic E-state index is 0.367. The topological polar surface area (TPSA) is 32.8 Å². The number of rotatable bonds is 2. The highest BCUT2D eigenvalue weighted by Gasteiger charge is 2.08. The third kappa shape index (κ3) is 5.12. The number of aryl methyl sites for hydroxylation is 1. The number of nitrogens with zero attached hydrogens (tertiary/aromatic N) is 2. The van der Waals surface area contributed by atoms with Crippen molar-refractivity contribution in [2.75, 3.05) is 38.0 Å². The van der Waals surface area contributed by atoms with Gasteiger partial charge in [-0.3, -0.25) is 0 Å². The first kappa shape index (κ1) is 17.0. The first-order valence-electron chi connectivity index (χ1n) is 5.46. The minimum Gasteiger partial charge on any atom is -0.410 e. The second-order valence-electron chi connectivity index (χ2n) is 4.11. The number of hydrogen-bond donors (Lipinski definition) is 0. The third-order valence-electron chi connectivity index (χ3n) is 2.23. The Balaban J connectivity index is 0.00000137. The third-order valence-corrected chi connectivity index (χ3v) is 2.23. The highest BCUT2D eigenvalue weighted by atomic mass is 127. The van der Waals surface area contributed by atoms with Gasteiger partial charge in [0.25, 0.3) is 0 Å². The lowest BCUT2D eigenvalue weighted by Gasteiger charge is -2.17. The van der Waals surface area contributed by atoms with Gasteiger partial charge in [0.2, 0.25) is 0 Å². The van der Waals surface area contributed by atoms with Crippen molar-refractivity contribution in [1.82, 2.24) is 4.90 Å². The molecule has 0 heterocycles. The van der Waals surface area contributed by atoms with Crippen LogP contribution in [0, 0.1) is 6.92 Å². The molecule has 0 radical (unpaired) electrons. The normalized spacial score (nSPS) is 9.06. The Hall–Kier alpha value is -0.980. The number of amides is 1. The molecule has 0 aliphatic heterocycles. The molecule has 0 N–H and O–H groups in total. The SMILES string of the molecule is CI.Cc1ccc(OC(=O)N(C)C)cc1N(C)C. The van der Waals surface area contributed by atoms with Crippen LogP contribution in [0.4, 0.5) is 10.5 Å². The van der Waals surface area contributed by atoms with Crippen molar-refractivity contribution >= 4 is 34.4 Å². The van der Waals surface area contributed by atoms with E-state index in [-0.39, 0.29) is 6.09 Å². The van der Waals surface area contributed by atoms with Crippen LogP contribution in [0.5, 0.6) is 5.75 Å². The van der Waals surface area contributed by atoms with Gasteiger partial charge in [0.15, 0.2) is 0 Å². The maximum atomic E-state index is 11.4. The van der Waals surface area contributed by atoms with Crippen LogP contribution >= 0.6 is 22.6 Å². The van der Waals surface area contributed by atoms with E-state index < -0.39 is 0 Å². The molecule has 4 nitrogen and oxygen atoms in total. The van der Waals surface area contributed by atoms with Crippen molar-refractivity contribution in [2.24, 2.45) is 0 Å². The van der Waals surface area contributed by atoms with Gasteiger partial charge in [-0.05, 0) is 23.5 Å². The molecule has 0 atom stereocenters. The Kier molecular flexibility index (Phi) is 7.73. The summed E-state index contributed by atoms with van der Waals surface area (Å²) < 4.78 is 5.18. The van der Waals surface area contributed by atoms with E-state index in [0.717, 1.165) is 11.3 Å². The van der Waals surface area contributed by atoms with Crippen molar-refractivity contribution < 1.29 is 9.53 Å². The van der Waals surface area contributed by atoms with E-state index in [1.807, 2.05) is 43.0 Å². The van der Waals surface area contributed by atoms with Crippen molar-refractivity contribution in [3.63, 3.8) is 0 Å². The number of alkyl halides is 1. The molecule has 1 rings (SSSR count). The van der Waals surface area contributed by atoms with Gasteiger partial charge < -0.3 is 14.5 Å². The van der Waals surface area contributed by atoms with Crippen LogP contribution in [0.15, 0.2) is 18.2 Å².